The summed E-state index contributed by atoms with van der Waals surface area (Å²) >= 11 is 6.13. The van der Waals surface area contributed by atoms with E-state index in [1.807, 2.05) is 32.0 Å². The van der Waals surface area contributed by atoms with E-state index in [1.54, 1.807) is 20.9 Å². The predicted molar refractivity (Wildman–Crippen MR) is 126 cm³/mol. The SMILES string of the molecule is CC(C)CNC(=O)C1CCC2C(=O)N(C(C)C)C3NN(Cc4cccc(Cl)c4)C(=O)N3C2C1. The van der Waals surface area contributed by atoms with Crippen molar-refractivity contribution in [3.05, 3.63) is 34.9 Å². The van der Waals surface area contributed by atoms with Crippen LogP contribution in [0.3, 0.4) is 0 Å². The maximum atomic E-state index is 13.6. The third-order valence-corrected chi connectivity index (χ3v) is 7.07. The fourth-order valence-electron chi connectivity index (χ4n) is 5.23. The van der Waals surface area contributed by atoms with Crippen LogP contribution in [0, 0.1) is 17.8 Å². The van der Waals surface area contributed by atoms with E-state index in [4.69, 9.17) is 11.6 Å². The number of halogens is 1. The van der Waals surface area contributed by atoms with Crippen molar-refractivity contribution in [3.8, 4) is 0 Å². The second-order valence-electron chi connectivity index (χ2n) is 10.1. The second kappa shape index (κ2) is 9.50. The number of fused-ring (bicyclic) bond motifs is 3. The Morgan fingerprint density at radius 1 is 1.21 bits per heavy atom. The Morgan fingerprint density at radius 2 is 1.97 bits per heavy atom. The lowest BCUT2D eigenvalue weighted by Gasteiger charge is -2.51. The molecule has 1 saturated carbocycles. The summed E-state index contributed by atoms with van der Waals surface area (Å²) in [5.74, 6) is -0.0292. The van der Waals surface area contributed by atoms with Crippen LogP contribution in [0.5, 0.6) is 0 Å². The molecule has 4 amide bonds. The number of nitrogens with zero attached hydrogens (tertiary/aromatic N) is 3. The van der Waals surface area contributed by atoms with E-state index in [2.05, 4.69) is 24.6 Å². The number of hydrogen-bond donors (Lipinski definition) is 2. The molecule has 2 saturated heterocycles. The Bertz CT molecular complexity index is 923. The van der Waals surface area contributed by atoms with Gasteiger partial charge < -0.3 is 10.2 Å². The molecule has 9 heteroatoms. The van der Waals surface area contributed by atoms with E-state index < -0.39 is 6.29 Å². The molecular formula is C24H34ClN5O3. The average Bonchev–Trinajstić information content (AvgIpc) is 3.07. The molecule has 4 rings (SSSR count). The number of carbonyl (C=O) groups is 3. The minimum absolute atomic E-state index is 0.0211. The third-order valence-electron chi connectivity index (χ3n) is 6.84. The molecule has 0 bridgehead atoms. The highest BCUT2D eigenvalue weighted by atomic mass is 35.5. The fraction of sp³-hybridized carbons (Fsp3) is 0.625. The van der Waals surface area contributed by atoms with Gasteiger partial charge in [-0.3, -0.25) is 19.5 Å². The van der Waals surface area contributed by atoms with Crippen LogP contribution in [0.1, 0.15) is 52.5 Å². The van der Waals surface area contributed by atoms with Gasteiger partial charge in [-0.15, -0.1) is 0 Å². The van der Waals surface area contributed by atoms with E-state index in [1.165, 1.54) is 0 Å². The molecule has 2 aliphatic heterocycles. The van der Waals surface area contributed by atoms with E-state index in [0.717, 1.165) is 5.56 Å². The molecule has 0 radical (unpaired) electrons. The van der Waals surface area contributed by atoms with Crippen LogP contribution in [0.15, 0.2) is 24.3 Å². The maximum absolute atomic E-state index is 13.6. The Hall–Kier alpha value is -2.32. The van der Waals surface area contributed by atoms with E-state index in [-0.39, 0.29) is 41.8 Å². The number of hydrogen-bond acceptors (Lipinski definition) is 4. The van der Waals surface area contributed by atoms with Gasteiger partial charge in [-0.25, -0.2) is 4.79 Å². The van der Waals surface area contributed by atoms with Crippen molar-refractivity contribution >= 4 is 29.4 Å². The average molecular weight is 476 g/mol. The van der Waals surface area contributed by atoms with Crippen molar-refractivity contribution in [1.29, 1.82) is 0 Å². The maximum Gasteiger partial charge on any atom is 0.337 e. The van der Waals surface area contributed by atoms with Crippen molar-refractivity contribution in [2.24, 2.45) is 17.8 Å². The number of urea groups is 1. The lowest BCUT2D eigenvalue weighted by Crippen LogP contribution is -2.68. The Balaban J connectivity index is 1.57. The predicted octanol–water partition coefficient (Wildman–Crippen LogP) is 3.17. The largest absolute Gasteiger partial charge is 0.356 e. The summed E-state index contributed by atoms with van der Waals surface area (Å²) in [7, 11) is 0. The number of amides is 4. The summed E-state index contributed by atoms with van der Waals surface area (Å²) in [6, 6.07) is 6.86. The Morgan fingerprint density at radius 3 is 2.64 bits per heavy atom. The molecule has 1 aromatic rings. The van der Waals surface area contributed by atoms with Crippen molar-refractivity contribution < 1.29 is 14.4 Å². The van der Waals surface area contributed by atoms with Crippen LogP contribution < -0.4 is 10.7 Å². The molecule has 4 atom stereocenters. The van der Waals surface area contributed by atoms with Gasteiger partial charge in [-0.1, -0.05) is 37.6 Å². The summed E-state index contributed by atoms with van der Waals surface area (Å²) in [4.78, 5) is 43.4. The van der Waals surface area contributed by atoms with Gasteiger partial charge in [-0.05, 0) is 56.7 Å². The van der Waals surface area contributed by atoms with Gasteiger partial charge in [0.05, 0.1) is 12.5 Å². The minimum Gasteiger partial charge on any atom is -0.356 e. The van der Waals surface area contributed by atoms with Gasteiger partial charge >= 0.3 is 6.03 Å². The van der Waals surface area contributed by atoms with Crippen molar-refractivity contribution in [1.82, 2.24) is 25.6 Å². The summed E-state index contributed by atoms with van der Waals surface area (Å²) < 4.78 is 0. The topological polar surface area (TPSA) is 85.0 Å². The van der Waals surface area contributed by atoms with Crippen LogP contribution >= 0.6 is 11.6 Å². The van der Waals surface area contributed by atoms with Gasteiger partial charge in [0.25, 0.3) is 0 Å². The van der Waals surface area contributed by atoms with Crippen LogP contribution in [0.4, 0.5) is 4.79 Å². The first kappa shape index (κ1) is 23.8. The van der Waals surface area contributed by atoms with Gasteiger partial charge in [-0.2, -0.15) is 5.43 Å². The van der Waals surface area contributed by atoms with E-state index >= 15 is 0 Å². The zero-order valence-electron chi connectivity index (χ0n) is 19.8. The number of benzene rings is 1. The van der Waals surface area contributed by atoms with Crippen molar-refractivity contribution in [2.75, 3.05) is 6.54 Å². The number of rotatable bonds is 6. The van der Waals surface area contributed by atoms with Crippen molar-refractivity contribution in [2.45, 2.75) is 71.9 Å². The Kier molecular flexibility index (Phi) is 6.86. The molecule has 2 N–H and O–H groups in total. The summed E-state index contributed by atoms with van der Waals surface area (Å²) in [5.41, 5.74) is 4.16. The molecule has 33 heavy (non-hydrogen) atoms. The van der Waals surface area contributed by atoms with Gasteiger partial charge in [0.15, 0.2) is 6.29 Å². The second-order valence-corrected chi connectivity index (χ2v) is 10.5. The zero-order valence-corrected chi connectivity index (χ0v) is 20.5. The highest BCUT2D eigenvalue weighted by Gasteiger charge is 2.56. The minimum atomic E-state index is -0.553. The molecule has 0 aromatic heterocycles. The molecule has 8 nitrogen and oxygen atoms in total. The number of carbonyl (C=O) groups excluding carboxylic acids is 3. The third kappa shape index (κ3) is 4.68. The summed E-state index contributed by atoms with van der Waals surface area (Å²) in [6.45, 7) is 9.02. The first-order valence-corrected chi connectivity index (χ1v) is 12.3. The summed E-state index contributed by atoms with van der Waals surface area (Å²) in [5, 5.41) is 5.20. The normalized spacial score (nSPS) is 27.3. The smallest absolute Gasteiger partial charge is 0.337 e. The number of hydrazine groups is 1. The molecule has 3 fully saturated rings. The molecule has 1 aliphatic carbocycles. The molecule has 180 valence electrons. The quantitative estimate of drug-likeness (QED) is 0.661. The molecule has 4 unspecified atom stereocenters. The standard InChI is InChI=1S/C24H34ClN5O3/c1-14(2)12-26-21(31)17-8-9-19-20(11-17)30-23(29(15(3)4)22(19)32)27-28(24(30)33)13-16-6-5-7-18(25)10-16/h5-7,10,14-15,17,19-20,23,27H,8-9,11-13H2,1-4H3,(H,26,31). The van der Waals surface area contributed by atoms with Crippen molar-refractivity contribution in [3.63, 3.8) is 0 Å². The van der Waals surface area contributed by atoms with Crippen LogP contribution in [-0.2, 0) is 16.1 Å². The molecule has 1 aromatic carbocycles. The Labute approximate surface area is 200 Å². The fourth-order valence-corrected chi connectivity index (χ4v) is 5.44. The molecule has 0 spiro atoms. The highest BCUT2D eigenvalue weighted by molar-refractivity contribution is 6.30. The lowest BCUT2D eigenvalue weighted by atomic mass is 9.75. The first-order chi connectivity index (χ1) is 15.7. The van der Waals surface area contributed by atoms with Crippen LogP contribution in [0.2, 0.25) is 5.02 Å². The van der Waals surface area contributed by atoms with Gasteiger partial charge in [0.2, 0.25) is 11.8 Å². The molecular weight excluding hydrogens is 442 g/mol. The molecule has 2 heterocycles. The highest BCUT2D eigenvalue weighted by Crippen LogP contribution is 2.41. The zero-order chi connectivity index (χ0) is 23.9. The lowest BCUT2D eigenvalue weighted by molar-refractivity contribution is -0.162. The molecule has 3 aliphatic rings. The van der Waals surface area contributed by atoms with Crippen LogP contribution in [-0.4, -0.2) is 57.6 Å². The van der Waals surface area contributed by atoms with E-state index in [0.29, 0.717) is 43.3 Å². The van der Waals surface area contributed by atoms with Crippen LogP contribution in [0.25, 0.3) is 0 Å². The van der Waals surface area contributed by atoms with Gasteiger partial charge in [0, 0.05) is 29.6 Å². The number of nitrogens with one attached hydrogen (secondary N) is 2. The van der Waals surface area contributed by atoms with E-state index in [9.17, 15) is 14.4 Å². The monoisotopic (exact) mass is 475 g/mol. The summed E-state index contributed by atoms with van der Waals surface area (Å²) in [6.07, 6.45) is 1.22. The van der Waals surface area contributed by atoms with Gasteiger partial charge in [0.1, 0.15) is 0 Å². The first-order valence-electron chi connectivity index (χ1n) is 11.9.